The van der Waals surface area contributed by atoms with Gasteiger partial charge in [0.05, 0.1) is 4.92 Å². The standard InChI is InChI=1S/C18H16N4O3S/c1-26-18-19-9-10-21(18)15-7-4-6-13(11-15)17(23)20-12-14-5-2-3-8-16(14)22(24)25/h2-11H,12H2,1H3,(H,20,23). The van der Waals surface area contributed by atoms with Gasteiger partial charge in [-0.1, -0.05) is 36.0 Å². The lowest BCUT2D eigenvalue weighted by Gasteiger charge is -2.09. The van der Waals surface area contributed by atoms with Crippen molar-refractivity contribution in [3.63, 3.8) is 0 Å². The quantitative estimate of drug-likeness (QED) is 0.409. The molecule has 8 heteroatoms. The molecule has 0 saturated carbocycles. The van der Waals surface area contributed by atoms with E-state index in [2.05, 4.69) is 10.3 Å². The number of hydrogen-bond donors (Lipinski definition) is 1. The van der Waals surface area contributed by atoms with Crippen LogP contribution in [0.4, 0.5) is 5.69 Å². The van der Waals surface area contributed by atoms with Gasteiger partial charge in [-0.05, 0) is 24.5 Å². The van der Waals surface area contributed by atoms with E-state index in [-0.39, 0.29) is 18.1 Å². The minimum Gasteiger partial charge on any atom is -0.348 e. The Morgan fingerprint density at radius 1 is 1.27 bits per heavy atom. The van der Waals surface area contributed by atoms with Gasteiger partial charge in [-0.2, -0.15) is 0 Å². The molecule has 7 nitrogen and oxygen atoms in total. The van der Waals surface area contributed by atoms with Crippen molar-refractivity contribution in [1.29, 1.82) is 0 Å². The lowest BCUT2D eigenvalue weighted by molar-refractivity contribution is -0.385. The number of carbonyl (C=O) groups is 1. The van der Waals surface area contributed by atoms with Crippen LogP contribution in [0.3, 0.4) is 0 Å². The first-order chi connectivity index (χ1) is 12.6. The lowest BCUT2D eigenvalue weighted by Crippen LogP contribution is -2.23. The Bertz CT molecular complexity index is 955. The highest BCUT2D eigenvalue weighted by molar-refractivity contribution is 7.98. The smallest absolute Gasteiger partial charge is 0.274 e. The summed E-state index contributed by atoms with van der Waals surface area (Å²) in [5.41, 5.74) is 1.75. The fourth-order valence-electron chi connectivity index (χ4n) is 2.55. The Balaban J connectivity index is 1.77. The molecule has 1 aromatic heterocycles. The average Bonchev–Trinajstić information content (AvgIpc) is 3.15. The third-order valence-corrected chi connectivity index (χ3v) is 4.47. The first kappa shape index (κ1) is 17.7. The van der Waals surface area contributed by atoms with E-state index in [4.69, 9.17) is 0 Å². The maximum absolute atomic E-state index is 12.5. The predicted octanol–water partition coefficient (Wildman–Crippen LogP) is 3.43. The normalized spacial score (nSPS) is 10.5. The van der Waals surface area contributed by atoms with E-state index in [0.29, 0.717) is 11.1 Å². The summed E-state index contributed by atoms with van der Waals surface area (Å²) >= 11 is 1.51. The SMILES string of the molecule is CSc1nccn1-c1cccc(C(=O)NCc2ccccc2[N+](=O)[O-])c1. The van der Waals surface area contributed by atoms with Crippen molar-refractivity contribution in [2.75, 3.05) is 6.26 Å². The van der Waals surface area contributed by atoms with Gasteiger partial charge < -0.3 is 5.32 Å². The van der Waals surface area contributed by atoms with Crippen LogP contribution in [0.2, 0.25) is 0 Å². The van der Waals surface area contributed by atoms with E-state index in [1.54, 1.807) is 42.6 Å². The average molecular weight is 368 g/mol. The summed E-state index contributed by atoms with van der Waals surface area (Å²) in [6.07, 6.45) is 5.46. The van der Waals surface area contributed by atoms with Gasteiger partial charge >= 0.3 is 0 Å². The number of rotatable bonds is 6. The van der Waals surface area contributed by atoms with Crippen molar-refractivity contribution in [1.82, 2.24) is 14.9 Å². The van der Waals surface area contributed by atoms with E-state index in [1.165, 1.54) is 17.8 Å². The molecular weight excluding hydrogens is 352 g/mol. The number of nitro groups is 1. The second-order valence-corrected chi connectivity index (χ2v) is 6.18. The number of benzene rings is 2. The fourth-order valence-corrected chi connectivity index (χ4v) is 3.08. The first-order valence-corrected chi connectivity index (χ1v) is 9.01. The fraction of sp³-hybridized carbons (Fsp3) is 0.111. The third kappa shape index (κ3) is 3.75. The molecule has 3 aromatic rings. The van der Waals surface area contributed by atoms with E-state index < -0.39 is 4.92 Å². The van der Waals surface area contributed by atoms with Crippen LogP contribution in [0.25, 0.3) is 5.69 Å². The van der Waals surface area contributed by atoms with Gasteiger partial charge in [-0.3, -0.25) is 19.5 Å². The Hall–Kier alpha value is -3.13. The Morgan fingerprint density at radius 2 is 2.08 bits per heavy atom. The number of para-hydroxylation sites is 1. The summed E-state index contributed by atoms with van der Waals surface area (Å²) < 4.78 is 1.89. The lowest BCUT2D eigenvalue weighted by atomic mass is 10.1. The number of aromatic nitrogens is 2. The summed E-state index contributed by atoms with van der Waals surface area (Å²) in [5.74, 6) is -0.296. The number of imidazole rings is 1. The minimum atomic E-state index is -0.453. The molecular formula is C18H16N4O3S. The third-order valence-electron chi connectivity index (χ3n) is 3.80. The van der Waals surface area contributed by atoms with Gasteiger partial charge in [0.15, 0.2) is 5.16 Å². The molecule has 1 amide bonds. The summed E-state index contributed by atoms with van der Waals surface area (Å²) in [4.78, 5) is 27.3. The van der Waals surface area contributed by atoms with Crippen molar-refractivity contribution >= 4 is 23.4 Å². The number of amides is 1. The van der Waals surface area contributed by atoms with Crippen LogP contribution in [-0.2, 0) is 6.54 Å². The van der Waals surface area contributed by atoms with Gasteiger partial charge in [0.1, 0.15) is 0 Å². The number of nitrogens with one attached hydrogen (secondary N) is 1. The number of carbonyl (C=O) groups excluding carboxylic acids is 1. The van der Waals surface area contributed by atoms with Crippen LogP contribution in [0, 0.1) is 10.1 Å². The topological polar surface area (TPSA) is 90.1 Å². The highest BCUT2D eigenvalue weighted by Crippen LogP contribution is 2.20. The molecule has 0 unspecified atom stereocenters. The molecule has 0 atom stereocenters. The molecule has 0 spiro atoms. The zero-order chi connectivity index (χ0) is 18.5. The van der Waals surface area contributed by atoms with Crippen LogP contribution in [0.1, 0.15) is 15.9 Å². The van der Waals surface area contributed by atoms with E-state index >= 15 is 0 Å². The van der Waals surface area contributed by atoms with Crippen molar-refractivity contribution in [2.24, 2.45) is 0 Å². The van der Waals surface area contributed by atoms with E-state index in [9.17, 15) is 14.9 Å². The van der Waals surface area contributed by atoms with Gasteiger partial charge in [-0.15, -0.1) is 0 Å². The second kappa shape index (κ2) is 7.83. The molecule has 26 heavy (non-hydrogen) atoms. The molecule has 0 fully saturated rings. The molecule has 0 aliphatic rings. The molecule has 132 valence electrons. The summed E-state index contributed by atoms with van der Waals surface area (Å²) in [6.45, 7) is 0.0847. The first-order valence-electron chi connectivity index (χ1n) is 7.78. The molecule has 2 aromatic carbocycles. The largest absolute Gasteiger partial charge is 0.348 e. The van der Waals surface area contributed by atoms with Crippen LogP contribution < -0.4 is 5.32 Å². The maximum atomic E-state index is 12.5. The Kier molecular flexibility index (Phi) is 5.33. The highest BCUT2D eigenvalue weighted by Gasteiger charge is 2.14. The summed E-state index contributed by atoms with van der Waals surface area (Å²) in [7, 11) is 0. The predicted molar refractivity (Wildman–Crippen MR) is 99.6 cm³/mol. The maximum Gasteiger partial charge on any atom is 0.274 e. The molecule has 0 aliphatic heterocycles. The van der Waals surface area contributed by atoms with Gasteiger partial charge in [-0.25, -0.2) is 4.98 Å². The van der Waals surface area contributed by atoms with Crippen molar-refractivity contribution in [2.45, 2.75) is 11.7 Å². The van der Waals surface area contributed by atoms with Crippen molar-refractivity contribution < 1.29 is 9.72 Å². The molecule has 0 aliphatic carbocycles. The Morgan fingerprint density at radius 3 is 2.85 bits per heavy atom. The van der Waals surface area contributed by atoms with Gasteiger partial charge in [0, 0.05) is 41.8 Å². The molecule has 3 rings (SSSR count). The number of thioether (sulfide) groups is 1. The number of hydrogen-bond acceptors (Lipinski definition) is 5. The van der Waals surface area contributed by atoms with E-state index in [0.717, 1.165) is 10.8 Å². The van der Waals surface area contributed by atoms with Gasteiger partial charge in [0.2, 0.25) is 0 Å². The zero-order valence-corrected chi connectivity index (χ0v) is 14.8. The number of nitrogens with zero attached hydrogens (tertiary/aromatic N) is 3. The molecule has 0 radical (unpaired) electrons. The monoisotopic (exact) mass is 368 g/mol. The second-order valence-electron chi connectivity index (χ2n) is 5.40. The Labute approximate surface area is 154 Å². The van der Waals surface area contributed by atoms with E-state index in [1.807, 2.05) is 23.1 Å². The molecule has 0 saturated heterocycles. The van der Waals surface area contributed by atoms with Crippen molar-refractivity contribution in [3.05, 3.63) is 82.2 Å². The summed E-state index contributed by atoms with van der Waals surface area (Å²) in [6, 6.07) is 13.5. The van der Waals surface area contributed by atoms with Crippen LogP contribution in [-0.4, -0.2) is 26.6 Å². The van der Waals surface area contributed by atoms with Crippen LogP contribution >= 0.6 is 11.8 Å². The number of nitro benzene ring substituents is 1. The van der Waals surface area contributed by atoms with Gasteiger partial charge in [0.25, 0.3) is 11.6 Å². The van der Waals surface area contributed by atoms with Crippen molar-refractivity contribution in [3.8, 4) is 5.69 Å². The molecule has 0 bridgehead atoms. The van der Waals surface area contributed by atoms with Crippen LogP contribution in [0.5, 0.6) is 0 Å². The van der Waals surface area contributed by atoms with Crippen LogP contribution in [0.15, 0.2) is 66.1 Å². The zero-order valence-electron chi connectivity index (χ0n) is 14.0. The molecule has 1 N–H and O–H groups in total. The highest BCUT2D eigenvalue weighted by atomic mass is 32.2. The minimum absolute atomic E-state index is 0.00965. The molecule has 1 heterocycles. The summed E-state index contributed by atoms with van der Waals surface area (Å²) in [5, 5.41) is 14.6.